The fourth-order valence-corrected chi connectivity index (χ4v) is 2.12. The molecule has 0 aliphatic carbocycles. The third-order valence-electron chi connectivity index (χ3n) is 2.43. The summed E-state index contributed by atoms with van der Waals surface area (Å²) < 4.78 is 5.04. The van der Waals surface area contributed by atoms with Gasteiger partial charge in [0.2, 0.25) is 5.91 Å². The minimum atomic E-state index is -1.28. The van der Waals surface area contributed by atoms with Crippen molar-refractivity contribution in [3.05, 3.63) is 0 Å². The summed E-state index contributed by atoms with van der Waals surface area (Å²) in [6, 6.07) is -1.23. The van der Waals surface area contributed by atoms with Gasteiger partial charge < -0.3 is 25.6 Å². The largest absolute Gasteiger partial charge is 0.481 e. The molecule has 138 valence electrons. The van der Waals surface area contributed by atoms with Crippen LogP contribution in [0.2, 0.25) is 0 Å². The number of alkyl carbamates (subject to hydrolysis) is 1. The highest BCUT2D eigenvalue weighted by Gasteiger charge is 2.20. The number of nitrogens with one attached hydrogen (secondary N) is 2. The lowest BCUT2D eigenvalue weighted by atomic mass is 10.1. The van der Waals surface area contributed by atoms with E-state index in [-0.39, 0.29) is 18.6 Å². The SMILES string of the molecule is CC(C)(C)OC(=O)NCCSCC(=O)NC(CCC(=O)O)C(=O)O. The highest BCUT2D eigenvalue weighted by Crippen LogP contribution is 2.06. The molecule has 0 rings (SSSR count). The van der Waals surface area contributed by atoms with E-state index in [0.29, 0.717) is 12.3 Å². The molecule has 4 N–H and O–H groups in total. The molecule has 0 aliphatic heterocycles. The Kier molecular flexibility index (Phi) is 9.86. The maximum absolute atomic E-state index is 11.6. The first-order chi connectivity index (χ1) is 11.0. The van der Waals surface area contributed by atoms with Gasteiger partial charge in [-0.3, -0.25) is 9.59 Å². The number of carbonyl (C=O) groups excluding carboxylic acids is 2. The van der Waals surface area contributed by atoms with E-state index in [9.17, 15) is 19.2 Å². The van der Waals surface area contributed by atoms with Gasteiger partial charge in [-0.2, -0.15) is 11.8 Å². The molecule has 0 aromatic rings. The van der Waals surface area contributed by atoms with Crippen LogP contribution in [-0.2, 0) is 19.1 Å². The fourth-order valence-electron chi connectivity index (χ4n) is 1.47. The molecule has 0 aromatic carbocycles. The van der Waals surface area contributed by atoms with E-state index >= 15 is 0 Å². The molecule has 9 nitrogen and oxygen atoms in total. The predicted molar refractivity (Wildman–Crippen MR) is 88.0 cm³/mol. The van der Waals surface area contributed by atoms with Gasteiger partial charge in [-0.1, -0.05) is 0 Å². The molecule has 0 aromatic heterocycles. The van der Waals surface area contributed by atoms with E-state index in [0.717, 1.165) is 0 Å². The third kappa shape index (κ3) is 12.6. The van der Waals surface area contributed by atoms with Crippen LogP contribution in [0.4, 0.5) is 4.79 Å². The van der Waals surface area contributed by atoms with E-state index in [1.807, 2.05) is 0 Å². The lowest BCUT2D eigenvalue weighted by Gasteiger charge is -2.19. The van der Waals surface area contributed by atoms with Crippen molar-refractivity contribution in [3.8, 4) is 0 Å². The van der Waals surface area contributed by atoms with Gasteiger partial charge in [0.15, 0.2) is 0 Å². The second-order valence-electron chi connectivity index (χ2n) is 5.87. The number of carbonyl (C=O) groups is 4. The van der Waals surface area contributed by atoms with E-state index in [1.54, 1.807) is 20.8 Å². The van der Waals surface area contributed by atoms with Crippen LogP contribution in [0.5, 0.6) is 0 Å². The topological polar surface area (TPSA) is 142 Å². The number of ether oxygens (including phenoxy) is 1. The van der Waals surface area contributed by atoms with Gasteiger partial charge >= 0.3 is 18.0 Å². The molecule has 0 radical (unpaired) electrons. The summed E-state index contributed by atoms with van der Waals surface area (Å²) in [6.45, 7) is 5.53. The smallest absolute Gasteiger partial charge is 0.407 e. The zero-order valence-corrected chi connectivity index (χ0v) is 14.8. The van der Waals surface area contributed by atoms with Gasteiger partial charge in [0.25, 0.3) is 0 Å². The lowest BCUT2D eigenvalue weighted by molar-refractivity contribution is -0.142. The average molecular weight is 364 g/mol. The first kappa shape index (κ1) is 22.0. The first-order valence-corrected chi connectivity index (χ1v) is 8.45. The monoisotopic (exact) mass is 364 g/mol. The highest BCUT2D eigenvalue weighted by atomic mass is 32.2. The van der Waals surface area contributed by atoms with Crippen molar-refractivity contribution in [3.63, 3.8) is 0 Å². The summed E-state index contributed by atoms with van der Waals surface area (Å²) >= 11 is 1.21. The van der Waals surface area contributed by atoms with Gasteiger partial charge in [0.05, 0.1) is 5.75 Å². The number of hydrogen-bond donors (Lipinski definition) is 4. The third-order valence-corrected chi connectivity index (χ3v) is 3.39. The number of thioether (sulfide) groups is 1. The number of rotatable bonds is 10. The molecule has 0 aliphatic rings. The molecule has 0 saturated heterocycles. The van der Waals surface area contributed by atoms with Gasteiger partial charge in [0.1, 0.15) is 11.6 Å². The molecule has 2 amide bonds. The fraction of sp³-hybridized carbons (Fsp3) is 0.714. The number of amides is 2. The summed E-state index contributed by atoms with van der Waals surface area (Å²) in [5, 5.41) is 22.3. The molecule has 24 heavy (non-hydrogen) atoms. The van der Waals surface area contributed by atoms with Gasteiger partial charge in [-0.15, -0.1) is 0 Å². The number of hydrogen-bond acceptors (Lipinski definition) is 6. The van der Waals surface area contributed by atoms with Crippen LogP contribution in [0, 0.1) is 0 Å². The second-order valence-corrected chi connectivity index (χ2v) is 6.98. The summed E-state index contributed by atoms with van der Waals surface area (Å²) in [5.74, 6) is -2.46. The van der Waals surface area contributed by atoms with Crippen molar-refractivity contribution < 1.29 is 34.1 Å². The maximum atomic E-state index is 11.6. The summed E-state index contributed by atoms with van der Waals surface area (Å²) in [5.41, 5.74) is -0.584. The quantitative estimate of drug-likeness (QED) is 0.415. The Bertz CT molecular complexity index is 463. The Morgan fingerprint density at radius 3 is 2.29 bits per heavy atom. The Morgan fingerprint density at radius 2 is 1.79 bits per heavy atom. The standard InChI is InChI=1S/C14H24N2O7S/c1-14(2,3)23-13(22)15-6-7-24-8-10(17)16-9(12(20)21)4-5-11(18)19/h9H,4-8H2,1-3H3,(H,15,22)(H,16,17)(H,18,19)(H,20,21). The average Bonchev–Trinajstić information content (AvgIpc) is 2.40. The Hall–Kier alpha value is -1.97. The van der Waals surface area contributed by atoms with Crippen LogP contribution in [-0.4, -0.2) is 63.8 Å². The zero-order valence-electron chi connectivity index (χ0n) is 14.0. The molecule has 0 bridgehead atoms. The van der Waals surface area contributed by atoms with Crippen molar-refractivity contribution in [2.24, 2.45) is 0 Å². The molecule has 0 fully saturated rings. The molecule has 0 spiro atoms. The van der Waals surface area contributed by atoms with Crippen molar-refractivity contribution in [2.75, 3.05) is 18.1 Å². The Morgan fingerprint density at radius 1 is 1.17 bits per heavy atom. The Balaban J connectivity index is 3.94. The molecular formula is C14H24N2O7S. The van der Waals surface area contributed by atoms with Gasteiger partial charge in [0, 0.05) is 18.7 Å². The molecular weight excluding hydrogens is 340 g/mol. The minimum absolute atomic E-state index is 0.00680. The van der Waals surface area contributed by atoms with Crippen molar-refractivity contribution >= 4 is 35.7 Å². The van der Waals surface area contributed by atoms with Crippen molar-refractivity contribution in [2.45, 2.75) is 45.3 Å². The number of carboxylic acid groups (broad SMARTS) is 2. The summed E-state index contributed by atoms with van der Waals surface area (Å²) in [6.07, 6.45) is -1.07. The van der Waals surface area contributed by atoms with Crippen LogP contribution in [0.25, 0.3) is 0 Å². The minimum Gasteiger partial charge on any atom is -0.481 e. The van der Waals surface area contributed by atoms with Crippen LogP contribution in [0.15, 0.2) is 0 Å². The van der Waals surface area contributed by atoms with Crippen molar-refractivity contribution in [1.82, 2.24) is 10.6 Å². The molecule has 1 atom stereocenters. The summed E-state index contributed by atoms with van der Waals surface area (Å²) in [7, 11) is 0. The molecule has 0 saturated carbocycles. The predicted octanol–water partition coefficient (Wildman–Crippen LogP) is 0.678. The van der Waals surface area contributed by atoms with E-state index in [2.05, 4.69) is 10.6 Å². The Labute approximate surface area is 144 Å². The van der Waals surface area contributed by atoms with Crippen LogP contribution in [0.3, 0.4) is 0 Å². The van der Waals surface area contributed by atoms with Crippen molar-refractivity contribution in [1.29, 1.82) is 0 Å². The van der Waals surface area contributed by atoms with Gasteiger partial charge in [-0.05, 0) is 27.2 Å². The zero-order chi connectivity index (χ0) is 18.8. The van der Waals surface area contributed by atoms with Crippen LogP contribution < -0.4 is 10.6 Å². The number of aliphatic carboxylic acids is 2. The van der Waals surface area contributed by atoms with E-state index in [4.69, 9.17) is 14.9 Å². The molecule has 10 heteroatoms. The first-order valence-electron chi connectivity index (χ1n) is 7.30. The summed E-state index contributed by atoms with van der Waals surface area (Å²) in [4.78, 5) is 44.4. The van der Waals surface area contributed by atoms with Gasteiger partial charge in [-0.25, -0.2) is 9.59 Å². The lowest BCUT2D eigenvalue weighted by Crippen LogP contribution is -2.42. The van der Waals surface area contributed by atoms with Crippen LogP contribution >= 0.6 is 11.8 Å². The van der Waals surface area contributed by atoms with Crippen LogP contribution in [0.1, 0.15) is 33.6 Å². The van der Waals surface area contributed by atoms with E-state index in [1.165, 1.54) is 11.8 Å². The molecule has 1 unspecified atom stereocenters. The maximum Gasteiger partial charge on any atom is 0.407 e. The van der Waals surface area contributed by atoms with E-state index < -0.39 is 35.6 Å². The normalized spacial score (nSPS) is 12.1. The highest BCUT2D eigenvalue weighted by molar-refractivity contribution is 7.99. The number of carboxylic acids is 2. The second kappa shape index (κ2) is 10.7. The molecule has 0 heterocycles.